The second-order valence-electron chi connectivity index (χ2n) is 2.83. The number of hydrogen-bond donors (Lipinski definition) is 0. The molecule has 0 heterocycles. The molecular formula is C6H14BF3KN. The third-order valence-corrected chi connectivity index (χ3v) is 1.41. The second kappa shape index (κ2) is 7.82. The first-order valence-corrected chi connectivity index (χ1v) is 3.85. The summed E-state index contributed by atoms with van der Waals surface area (Å²) in [5.74, 6) is 0. The molecule has 0 aliphatic rings. The molecule has 0 N–H and O–H groups in total. The number of rotatable bonds is 5. The maximum atomic E-state index is 11.8. The fourth-order valence-electron chi connectivity index (χ4n) is 0.873. The molecule has 0 radical (unpaired) electrons. The molecule has 0 saturated carbocycles. The average molecular weight is 207 g/mol. The largest absolute Gasteiger partial charge is 1.00 e. The van der Waals surface area contributed by atoms with Gasteiger partial charge in [0.05, 0.1) is 0 Å². The van der Waals surface area contributed by atoms with Crippen molar-refractivity contribution in [2.45, 2.75) is 19.8 Å². The molecule has 0 bridgehead atoms. The van der Waals surface area contributed by atoms with E-state index in [9.17, 15) is 12.9 Å². The Morgan fingerprint density at radius 1 is 1.25 bits per heavy atom. The van der Waals surface area contributed by atoms with Gasteiger partial charge in [-0.25, -0.2) is 0 Å². The van der Waals surface area contributed by atoms with Gasteiger partial charge in [0.2, 0.25) is 0 Å². The fourth-order valence-corrected chi connectivity index (χ4v) is 0.873. The van der Waals surface area contributed by atoms with E-state index in [-0.39, 0.29) is 51.4 Å². The fraction of sp³-hybridized carbons (Fsp3) is 1.00. The Labute approximate surface area is 115 Å². The van der Waals surface area contributed by atoms with Gasteiger partial charge in [0.15, 0.2) is 0 Å². The average Bonchev–Trinajstić information content (AvgIpc) is 1.79. The first-order chi connectivity index (χ1) is 4.95. The van der Waals surface area contributed by atoms with Gasteiger partial charge in [-0.15, -0.1) is 0 Å². The van der Waals surface area contributed by atoms with Gasteiger partial charge in [-0.2, -0.15) is 0 Å². The number of halogens is 3. The Morgan fingerprint density at radius 2 is 1.75 bits per heavy atom. The molecule has 0 spiro atoms. The molecule has 0 aromatic carbocycles. The van der Waals surface area contributed by atoms with Crippen molar-refractivity contribution in [1.82, 2.24) is 4.90 Å². The second-order valence-corrected chi connectivity index (χ2v) is 2.83. The van der Waals surface area contributed by atoms with Crippen LogP contribution in [-0.4, -0.2) is 31.9 Å². The molecule has 0 aliphatic heterocycles. The SMILES string of the molecule is CCCCN(C)C[B-](F)(F)F.[K+]. The predicted octanol–water partition coefficient (Wildman–Crippen LogP) is -0.891. The van der Waals surface area contributed by atoms with Crippen LogP contribution in [0.1, 0.15) is 19.8 Å². The summed E-state index contributed by atoms with van der Waals surface area (Å²) in [6, 6.07) is 0. The quantitative estimate of drug-likeness (QED) is 0.528. The monoisotopic (exact) mass is 207 g/mol. The van der Waals surface area contributed by atoms with Crippen molar-refractivity contribution >= 4 is 6.98 Å². The van der Waals surface area contributed by atoms with E-state index >= 15 is 0 Å². The van der Waals surface area contributed by atoms with E-state index in [4.69, 9.17) is 0 Å². The molecule has 1 nitrogen and oxygen atoms in total. The summed E-state index contributed by atoms with van der Waals surface area (Å²) in [5.41, 5.74) is 0. The van der Waals surface area contributed by atoms with Crippen LogP contribution in [0.25, 0.3) is 0 Å². The number of hydrogen-bond acceptors (Lipinski definition) is 1. The molecule has 0 rings (SSSR count). The predicted molar refractivity (Wildman–Crippen MR) is 41.5 cm³/mol. The van der Waals surface area contributed by atoms with E-state index in [1.165, 1.54) is 11.9 Å². The van der Waals surface area contributed by atoms with Gasteiger partial charge in [0.1, 0.15) is 0 Å². The minimum atomic E-state index is -4.63. The van der Waals surface area contributed by atoms with Crippen LogP contribution in [0.15, 0.2) is 0 Å². The maximum Gasteiger partial charge on any atom is 1.00 e. The number of nitrogens with zero attached hydrogens (tertiary/aromatic N) is 1. The van der Waals surface area contributed by atoms with E-state index in [1.807, 2.05) is 6.92 Å². The van der Waals surface area contributed by atoms with Crippen LogP contribution in [0.2, 0.25) is 0 Å². The standard InChI is InChI=1S/C6H14BF3N.K/c1-3-4-5-11(2)6-7(8,9)10;/h3-6H2,1-2H3;/q-1;+1. The van der Waals surface area contributed by atoms with Gasteiger partial charge in [0.25, 0.3) is 0 Å². The first kappa shape index (κ1) is 15.9. The van der Waals surface area contributed by atoms with Crippen molar-refractivity contribution in [2.24, 2.45) is 0 Å². The molecule has 0 unspecified atom stereocenters. The van der Waals surface area contributed by atoms with Crippen molar-refractivity contribution in [3.8, 4) is 0 Å². The third kappa shape index (κ3) is 11.5. The van der Waals surface area contributed by atoms with Crippen LogP contribution >= 0.6 is 0 Å². The summed E-state index contributed by atoms with van der Waals surface area (Å²) in [5, 5.41) is 0. The Morgan fingerprint density at radius 3 is 2.08 bits per heavy atom. The van der Waals surface area contributed by atoms with Crippen molar-refractivity contribution in [3.05, 3.63) is 0 Å². The maximum absolute atomic E-state index is 11.8. The van der Waals surface area contributed by atoms with Gasteiger partial charge >= 0.3 is 58.4 Å². The summed E-state index contributed by atoms with van der Waals surface area (Å²) < 4.78 is 35.3. The van der Waals surface area contributed by atoms with Crippen LogP contribution in [0, 0.1) is 0 Å². The molecule has 0 aliphatic carbocycles. The summed E-state index contributed by atoms with van der Waals surface area (Å²) in [6.07, 6.45) is 1.04. The van der Waals surface area contributed by atoms with Crippen LogP contribution in [-0.2, 0) is 0 Å². The molecule has 0 atom stereocenters. The first-order valence-electron chi connectivity index (χ1n) is 3.85. The zero-order valence-corrected chi connectivity index (χ0v) is 11.1. The summed E-state index contributed by atoms with van der Waals surface area (Å²) in [7, 11) is 1.50. The van der Waals surface area contributed by atoms with Crippen molar-refractivity contribution in [3.63, 3.8) is 0 Å². The minimum absolute atomic E-state index is 0. The van der Waals surface area contributed by atoms with Gasteiger partial charge in [-0.05, 0) is 26.5 Å². The van der Waals surface area contributed by atoms with Crippen molar-refractivity contribution < 1.29 is 64.3 Å². The van der Waals surface area contributed by atoms with Crippen LogP contribution < -0.4 is 51.4 Å². The molecular weight excluding hydrogens is 193 g/mol. The Kier molecular flexibility index (Phi) is 10.4. The number of unbranched alkanes of at least 4 members (excludes halogenated alkanes) is 1. The molecule has 68 valence electrons. The van der Waals surface area contributed by atoms with E-state index < -0.39 is 13.4 Å². The van der Waals surface area contributed by atoms with E-state index in [1.54, 1.807) is 0 Å². The van der Waals surface area contributed by atoms with Gasteiger partial charge < -0.3 is 17.8 Å². The normalized spacial score (nSPS) is 11.5. The van der Waals surface area contributed by atoms with Crippen LogP contribution in [0.3, 0.4) is 0 Å². The molecule has 0 saturated heterocycles. The summed E-state index contributed by atoms with van der Waals surface area (Å²) in [6.45, 7) is -2.13. The zero-order valence-electron chi connectivity index (χ0n) is 7.99. The summed E-state index contributed by atoms with van der Waals surface area (Å²) >= 11 is 0. The molecule has 12 heavy (non-hydrogen) atoms. The smallest absolute Gasteiger partial charge is 0.448 e. The Hall–Kier alpha value is 1.45. The van der Waals surface area contributed by atoms with E-state index in [2.05, 4.69) is 0 Å². The molecule has 0 amide bonds. The van der Waals surface area contributed by atoms with E-state index in [0.717, 1.165) is 12.8 Å². The third-order valence-electron chi connectivity index (χ3n) is 1.41. The molecule has 0 aromatic rings. The minimum Gasteiger partial charge on any atom is -0.448 e. The Bertz CT molecular complexity index is 109. The molecule has 6 heteroatoms. The van der Waals surface area contributed by atoms with Gasteiger partial charge in [0, 0.05) is 0 Å². The van der Waals surface area contributed by atoms with Gasteiger partial charge in [-0.3, -0.25) is 0 Å². The Balaban J connectivity index is 0. The molecule has 0 fully saturated rings. The van der Waals surface area contributed by atoms with Gasteiger partial charge in [-0.1, -0.05) is 13.3 Å². The molecule has 0 aromatic heterocycles. The summed E-state index contributed by atoms with van der Waals surface area (Å²) in [4.78, 5) is 1.32. The van der Waals surface area contributed by atoms with Crippen LogP contribution in [0.5, 0.6) is 0 Å². The zero-order chi connectivity index (χ0) is 8.91. The topological polar surface area (TPSA) is 3.24 Å². The van der Waals surface area contributed by atoms with E-state index in [0.29, 0.717) is 6.54 Å². The van der Waals surface area contributed by atoms with Crippen LogP contribution in [0.4, 0.5) is 12.9 Å². The van der Waals surface area contributed by atoms with Crippen molar-refractivity contribution in [1.29, 1.82) is 0 Å². The van der Waals surface area contributed by atoms with Crippen molar-refractivity contribution in [2.75, 3.05) is 20.0 Å².